The number of aromatic nitrogens is 1. The van der Waals surface area contributed by atoms with Gasteiger partial charge in [-0.25, -0.2) is 4.79 Å². The molecule has 0 aliphatic rings. The summed E-state index contributed by atoms with van der Waals surface area (Å²) in [5.41, 5.74) is 3.35. The first kappa shape index (κ1) is 53.3. The topological polar surface area (TPSA) is 90.0 Å². The van der Waals surface area contributed by atoms with Crippen molar-refractivity contribution in [2.45, 2.75) is 236 Å². The fraction of sp³-hybridized carbons (Fsp3) is 0.792. The fourth-order valence-electron chi connectivity index (χ4n) is 7.88. The van der Waals surface area contributed by atoms with Crippen molar-refractivity contribution < 1.29 is 28.8 Å². The molecule has 0 fully saturated rings. The molecule has 2 rings (SSSR count). The number of aryl methyl sites for hydroxylation is 1. The first-order valence-corrected chi connectivity index (χ1v) is 24.7. The van der Waals surface area contributed by atoms with Gasteiger partial charge in [-0.1, -0.05) is 178 Å². The Hall–Kier alpha value is -2.83. The van der Waals surface area contributed by atoms with Crippen molar-refractivity contribution in [1.29, 1.82) is 0 Å². The van der Waals surface area contributed by atoms with Crippen molar-refractivity contribution >= 4 is 17.1 Å². The summed E-state index contributed by atoms with van der Waals surface area (Å²) in [5.74, 6) is 2.48. The fourth-order valence-corrected chi connectivity index (χ4v) is 7.88. The Morgan fingerprint density at radius 1 is 0.533 bits per heavy atom. The number of benzene rings is 1. The average Bonchev–Trinajstić information content (AvgIpc) is 3.51. The number of H-pyrrole nitrogens is 1. The summed E-state index contributed by atoms with van der Waals surface area (Å²) in [7, 11) is 0. The van der Waals surface area contributed by atoms with Crippen molar-refractivity contribution in [2.75, 3.05) is 19.8 Å². The standard InChI is InChI=1S/C53H93NO6/c1-51(2,3)37-27-19-13-10-16-22-30-40-57-46-36-35-44-47(49(46)59-42-32-24-18-12-15-21-29-39-53(7,8)9)48(45(54-44)34-26-25-33-43-60-50(55)56)58-41-31-23-17-11-14-20-28-38-52(4,5)6/h33,35-36,43,54H,10-32,34,37-42H2,1-9H3,(H,55,56). The SMILES string of the molecule is CC(C)(C)CCCCCCCCCOc1ccc2[nH]c(CCCC=COC(=O)O)c(OCCCCCCCCCC(C)(C)C)c2c1OCCCCCCCCCC(C)(C)C. The number of carbonyl (C=O) groups is 1. The molecule has 7 heteroatoms. The van der Waals surface area contributed by atoms with E-state index in [-0.39, 0.29) is 0 Å². The van der Waals surface area contributed by atoms with Crippen LogP contribution in [0, 0.1) is 16.2 Å². The molecule has 1 aromatic carbocycles. The molecule has 346 valence electrons. The van der Waals surface area contributed by atoms with E-state index < -0.39 is 6.16 Å². The number of aromatic amines is 1. The van der Waals surface area contributed by atoms with Gasteiger partial charge in [0.2, 0.25) is 0 Å². The van der Waals surface area contributed by atoms with Crippen LogP contribution in [0.3, 0.4) is 0 Å². The summed E-state index contributed by atoms with van der Waals surface area (Å²) >= 11 is 0. The molecule has 0 aliphatic heterocycles. The quantitative estimate of drug-likeness (QED) is 0.0408. The highest BCUT2D eigenvalue weighted by molar-refractivity contribution is 5.95. The molecule has 7 nitrogen and oxygen atoms in total. The lowest BCUT2D eigenvalue weighted by Crippen LogP contribution is -2.05. The summed E-state index contributed by atoms with van der Waals surface area (Å²) < 4.78 is 24.6. The number of carboxylic acid groups (broad SMARTS) is 1. The van der Waals surface area contributed by atoms with Crippen LogP contribution >= 0.6 is 0 Å². The van der Waals surface area contributed by atoms with Gasteiger partial charge in [0.15, 0.2) is 17.2 Å². The molecule has 1 aromatic heterocycles. The van der Waals surface area contributed by atoms with Gasteiger partial charge < -0.3 is 29.0 Å². The molecule has 2 N–H and O–H groups in total. The van der Waals surface area contributed by atoms with E-state index in [0.29, 0.717) is 42.5 Å². The Kier molecular flexibility index (Phi) is 26.9. The number of fused-ring (bicyclic) bond motifs is 1. The molecule has 0 spiro atoms. The van der Waals surface area contributed by atoms with E-state index in [2.05, 4.69) is 84.2 Å². The number of rotatable bonds is 35. The average molecular weight is 840 g/mol. The molecule has 0 unspecified atom stereocenters. The van der Waals surface area contributed by atoms with E-state index in [1.54, 1.807) is 6.08 Å². The van der Waals surface area contributed by atoms with Crippen molar-refractivity contribution in [1.82, 2.24) is 4.98 Å². The van der Waals surface area contributed by atoms with Crippen LogP contribution in [0.2, 0.25) is 0 Å². The molecule has 1 heterocycles. The van der Waals surface area contributed by atoms with Gasteiger partial charge in [0, 0.05) is 0 Å². The Morgan fingerprint density at radius 3 is 1.37 bits per heavy atom. The van der Waals surface area contributed by atoms with Crippen LogP contribution in [0.25, 0.3) is 10.9 Å². The van der Waals surface area contributed by atoms with Crippen molar-refractivity contribution in [2.24, 2.45) is 16.2 Å². The molecule has 0 amide bonds. The third-order valence-electron chi connectivity index (χ3n) is 11.4. The van der Waals surface area contributed by atoms with Crippen LogP contribution in [-0.4, -0.2) is 36.1 Å². The molecule has 0 aliphatic carbocycles. The Balaban J connectivity index is 2.11. The summed E-state index contributed by atoms with van der Waals surface area (Å²) in [6, 6.07) is 4.19. The second kappa shape index (κ2) is 30.3. The zero-order valence-corrected chi connectivity index (χ0v) is 40.5. The van der Waals surface area contributed by atoms with Crippen LogP contribution in [0.1, 0.15) is 235 Å². The normalized spacial score (nSPS) is 12.5. The lowest BCUT2D eigenvalue weighted by Gasteiger charge is -2.17. The van der Waals surface area contributed by atoms with Crippen LogP contribution < -0.4 is 14.2 Å². The predicted molar refractivity (Wildman–Crippen MR) is 255 cm³/mol. The van der Waals surface area contributed by atoms with Crippen LogP contribution in [0.15, 0.2) is 24.5 Å². The largest absolute Gasteiger partial charge is 0.510 e. The Labute approximate surface area is 368 Å². The van der Waals surface area contributed by atoms with Gasteiger partial charge in [-0.15, -0.1) is 0 Å². The third-order valence-corrected chi connectivity index (χ3v) is 11.4. The minimum Gasteiger partial charge on any atom is -0.491 e. The van der Waals surface area contributed by atoms with E-state index in [0.717, 1.165) is 72.4 Å². The minimum absolute atomic E-state index is 0.429. The third kappa shape index (κ3) is 27.2. The van der Waals surface area contributed by atoms with E-state index in [1.165, 1.54) is 135 Å². The number of allylic oxidation sites excluding steroid dienone is 1. The molecule has 0 radical (unpaired) electrons. The molecule has 0 bridgehead atoms. The molecule has 0 saturated carbocycles. The van der Waals surface area contributed by atoms with Crippen molar-refractivity contribution in [3.8, 4) is 17.2 Å². The molecule has 60 heavy (non-hydrogen) atoms. The Bertz CT molecular complexity index is 1420. The van der Waals surface area contributed by atoms with E-state index >= 15 is 0 Å². The van der Waals surface area contributed by atoms with Gasteiger partial charge in [0.1, 0.15) is 0 Å². The van der Waals surface area contributed by atoms with Crippen molar-refractivity contribution in [3.05, 3.63) is 30.2 Å². The summed E-state index contributed by atoms with van der Waals surface area (Å²) in [6.07, 6.45) is 34.0. The van der Waals surface area contributed by atoms with Crippen LogP contribution in [0.5, 0.6) is 17.2 Å². The van der Waals surface area contributed by atoms with E-state index in [9.17, 15) is 4.79 Å². The molecule has 0 saturated heterocycles. The zero-order chi connectivity index (χ0) is 44.1. The van der Waals surface area contributed by atoms with Gasteiger partial charge in [-0.05, 0) is 92.2 Å². The second-order valence-electron chi connectivity index (χ2n) is 21.3. The van der Waals surface area contributed by atoms with Gasteiger partial charge in [-0.3, -0.25) is 0 Å². The molecule has 2 aromatic rings. The van der Waals surface area contributed by atoms with E-state index in [4.69, 9.17) is 19.3 Å². The highest BCUT2D eigenvalue weighted by Gasteiger charge is 2.21. The highest BCUT2D eigenvalue weighted by atomic mass is 16.7. The number of nitrogens with one attached hydrogen (secondary N) is 1. The predicted octanol–water partition coefficient (Wildman–Crippen LogP) is 17.3. The highest BCUT2D eigenvalue weighted by Crippen LogP contribution is 2.44. The second-order valence-corrected chi connectivity index (χ2v) is 21.3. The van der Waals surface area contributed by atoms with E-state index in [1.807, 2.05) is 0 Å². The number of ether oxygens (including phenoxy) is 4. The molecular weight excluding hydrogens is 747 g/mol. The van der Waals surface area contributed by atoms with Gasteiger partial charge in [-0.2, -0.15) is 0 Å². The zero-order valence-electron chi connectivity index (χ0n) is 40.5. The monoisotopic (exact) mass is 840 g/mol. The minimum atomic E-state index is -1.29. The lowest BCUT2D eigenvalue weighted by atomic mass is 9.89. The number of unbranched alkanes of at least 4 members (excludes halogenated alkanes) is 19. The Morgan fingerprint density at radius 2 is 0.933 bits per heavy atom. The summed E-state index contributed by atoms with van der Waals surface area (Å²) in [5, 5.41) is 9.81. The smallest absolute Gasteiger partial charge is 0.491 e. The van der Waals surface area contributed by atoms with Gasteiger partial charge >= 0.3 is 6.16 Å². The maximum absolute atomic E-state index is 10.8. The first-order chi connectivity index (χ1) is 28.6. The summed E-state index contributed by atoms with van der Waals surface area (Å²) in [4.78, 5) is 14.5. The van der Waals surface area contributed by atoms with Crippen LogP contribution in [0.4, 0.5) is 4.79 Å². The van der Waals surface area contributed by atoms with Gasteiger partial charge in [0.25, 0.3) is 0 Å². The van der Waals surface area contributed by atoms with Crippen molar-refractivity contribution in [3.63, 3.8) is 0 Å². The maximum Gasteiger partial charge on any atom is 0.510 e. The van der Waals surface area contributed by atoms with Gasteiger partial charge in [0.05, 0.1) is 42.7 Å². The number of hydrogen-bond acceptors (Lipinski definition) is 5. The van der Waals surface area contributed by atoms with Crippen LogP contribution in [-0.2, 0) is 11.2 Å². The maximum atomic E-state index is 10.8. The summed E-state index contributed by atoms with van der Waals surface area (Å²) in [6.45, 7) is 23.0. The molecular formula is C53H93NO6. The number of hydrogen-bond donors (Lipinski definition) is 2. The first-order valence-electron chi connectivity index (χ1n) is 24.7. The lowest BCUT2D eigenvalue weighted by molar-refractivity contribution is 0.128. The molecule has 0 atom stereocenters.